The Balaban J connectivity index is 1.42. The lowest BCUT2D eigenvalue weighted by molar-refractivity contribution is -0.148. The molecule has 1 aliphatic heterocycles. The smallest absolute Gasteiger partial charge is 0.407 e. The van der Waals surface area contributed by atoms with Gasteiger partial charge in [0.25, 0.3) is 0 Å². The van der Waals surface area contributed by atoms with Gasteiger partial charge in [0.15, 0.2) is 0 Å². The van der Waals surface area contributed by atoms with Crippen LogP contribution >= 0.6 is 0 Å². The second-order valence-electron chi connectivity index (χ2n) is 9.77. The largest absolute Gasteiger partial charge is 0.480 e. The zero-order valence-corrected chi connectivity index (χ0v) is 20.4. The Morgan fingerprint density at radius 3 is 2.20 bits per heavy atom. The van der Waals surface area contributed by atoms with E-state index in [0.717, 1.165) is 22.3 Å². The number of hydrogen-bond donors (Lipinski definition) is 2. The van der Waals surface area contributed by atoms with Gasteiger partial charge >= 0.3 is 12.1 Å². The number of likely N-dealkylation sites (N-methyl/N-ethyl adjacent to an activating group) is 1. The van der Waals surface area contributed by atoms with Crippen LogP contribution in [0.15, 0.2) is 48.5 Å². The van der Waals surface area contributed by atoms with Gasteiger partial charge in [-0.05, 0) is 41.6 Å². The molecule has 1 saturated heterocycles. The Bertz CT molecular complexity index is 1060. The molecule has 0 spiro atoms. The summed E-state index contributed by atoms with van der Waals surface area (Å²) in [5.41, 5.74) is 4.53. The number of ether oxygens (including phenoxy) is 1. The number of carboxylic acids is 1. The van der Waals surface area contributed by atoms with Crippen LogP contribution in [0.4, 0.5) is 4.79 Å². The average Bonchev–Trinajstić information content (AvgIpc) is 3.15. The third-order valence-corrected chi connectivity index (χ3v) is 6.89. The van der Waals surface area contributed by atoms with E-state index in [0.29, 0.717) is 19.5 Å². The van der Waals surface area contributed by atoms with Crippen molar-refractivity contribution in [2.24, 2.45) is 5.92 Å². The summed E-state index contributed by atoms with van der Waals surface area (Å²) < 4.78 is 5.64. The van der Waals surface area contributed by atoms with Crippen LogP contribution in [0.1, 0.15) is 37.3 Å². The first-order chi connectivity index (χ1) is 16.8. The van der Waals surface area contributed by atoms with Gasteiger partial charge in [-0.3, -0.25) is 14.5 Å². The number of nitrogens with zero attached hydrogens (tertiary/aromatic N) is 2. The molecule has 1 heterocycles. The lowest BCUT2D eigenvalue weighted by atomic mass is 9.98. The van der Waals surface area contributed by atoms with Gasteiger partial charge in [0, 0.05) is 25.6 Å². The monoisotopic (exact) mass is 479 g/mol. The molecule has 8 nitrogen and oxygen atoms in total. The average molecular weight is 480 g/mol. The Morgan fingerprint density at radius 2 is 1.63 bits per heavy atom. The maximum Gasteiger partial charge on any atom is 0.407 e. The molecular formula is C27H33N3O5. The predicted octanol–water partition coefficient (Wildman–Crippen LogP) is 3.17. The van der Waals surface area contributed by atoms with Crippen LogP contribution in [0.25, 0.3) is 11.1 Å². The molecule has 2 atom stereocenters. The molecule has 0 bridgehead atoms. The van der Waals surface area contributed by atoms with Gasteiger partial charge in [-0.2, -0.15) is 0 Å². The number of aliphatic carboxylic acids is 1. The van der Waals surface area contributed by atoms with Gasteiger partial charge in [-0.1, -0.05) is 62.4 Å². The molecular weight excluding hydrogens is 446 g/mol. The van der Waals surface area contributed by atoms with Crippen LogP contribution in [0.2, 0.25) is 0 Å². The van der Waals surface area contributed by atoms with Crippen LogP contribution in [-0.2, 0) is 14.3 Å². The van der Waals surface area contributed by atoms with Crippen molar-refractivity contribution in [3.63, 3.8) is 0 Å². The van der Waals surface area contributed by atoms with Crippen molar-refractivity contribution in [2.75, 3.05) is 33.3 Å². The molecule has 2 amide bonds. The number of piperazine rings is 1. The minimum Gasteiger partial charge on any atom is -0.480 e. The number of amides is 2. The van der Waals surface area contributed by atoms with Crippen molar-refractivity contribution < 1.29 is 24.2 Å². The van der Waals surface area contributed by atoms with Gasteiger partial charge in [-0.25, -0.2) is 4.79 Å². The van der Waals surface area contributed by atoms with E-state index in [1.807, 2.05) is 38.1 Å². The van der Waals surface area contributed by atoms with E-state index in [1.54, 1.807) is 11.9 Å². The molecule has 35 heavy (non-hydrogen) atoms. The molecule has 2 aromatic rings. The van der Waals surface area contributed by atoms with E-state index in [9.17, 15) is 19.5 Å². The Hall–Kier alpha value is -3.39. The molecule has 8 heteroatoms. The molecule has 2 aromatic carbocycles. The maximum absolute atomic E-state index is 13.3. The number of carbonyl (C=O) groups excluding carboxylic acids is 2. The van der Waals surface area contributed by atoms with Crippen molar-refractivity contribution in [3.05, 3.63) is 59.7 Å². The first-order valence-corrected chi connectivity index (χ1v) is 12.1. The number of nitrogens with one attached hydrogen (secondary N) is 1. The van der Waals surface area contributed by atoms with Crippen molar-refractivity contribution in [2.45, 2.75) is 38.3 Å². The fraction of sp³-hybridized carbons (Fsp3) is 0.444. The highest BCUT2D eigenvalue weighted by molar-refractivity contribution is 5.87. The summed E-state index contributed by atoms with van der Waals surface area (Å²) in [4.78, 5) is 40.9. The highest BCUT2D eigenvalue weighted by atomic mass is 16.5. The first kappa shape index (κ1) is 24.7. The van der Waals surface area contributed by atoms with Crippen molar-refractivity contribution in [1.29, 1.82) is 0 Å². The number of alkyl carbamates (subject to hydrolysis) is 1. The minimum atomic E-state index is -0.963. The highest BCUT2D eigenvalue weighted by Gasteiger charge is 2.36. The Labute approximate surface area is 205 Å². The third-order valence-electron chi connectivity index (χ3n) is 6.89. The molecule has 186 valence electrons. The maximum atomic E-state index is 13.3. The van der Waals surface area contributed by atoms with Crippen LogP contribution in [0.3, 0.4) is 0 Å². The van der Waals surface area contributed by atoms with E-state index in [4.69, 9.17) is 4.74 Å². The first-order valence-electron chi connectivity index (χ1n) is 12.1. The Kier molecular flexibility index (Phi) is 7.40. The number of carboxylic acid groups (broad SMARTS) is 1. The number of carbonyl (C=O) groups is 3. The predicted molar refractivity (Wildman–Crippen MR) is 132 cm³/mol. The van der Waals surface area contributed by atoms with E-state index in [-0.39, 0.29) is 30.9 Å². The second-order valence-corrected chi connectivity index (χ2v) is 9.77. The molecule has 2 unspecified atom stereocenters. The molecule has 1 aliphatic carbocycles. The summed E-state index contributed by atoms with van der Waals surface area (Å²) in [6, 6.07) is 14.7. The summed E-state index contributed by atoms with van der Waals surface area (Å²) in [6.07, 6.45) is -0.206. The van der Waals surface area contributed by atoms with Crippen LogP contribution in [0.5, 0.6) is 0 Å². The normalized spacial score (nSPS) is 18.6. The zero-order chi connectivity index (χ0) is 25.1. The number of hydrogen-bond acceptors (Lipinski definition) is 5. The number of fused-ring (bicyclic) bond motifs is 3. The minimum absolute atomic E-state index is 0.0682. The summed E-state index contributed by atoms with van der Waals surface area (Å²) >= 11 is 0. The van der Waals surface area contributed by atoms with Gasteiger partial charge < -0.3 is 20.1 Å². The van der Waals surface area contributed by atoms with Crippen molar-refractivity contribution in [1.82, 2.24) is 15.1 Å². The molecule has 1 fully saturated rings. The molecule has 0 radical (unpaired) electrons. The van der Waals surface area contributed by atoms with Crippen molar-refractivity contribution >= 4 is 18.0 Å². The van der Waals surface area contributed by atoms with Gasteiger partial charge in [0.2, 0.25) is 5.91 Å². The van der Waals surface area contributed by atoms with E-state index in [2.05, 4.69) is 29.6 Å². The fourth-order valence-electron chi connectivity index (χ4n) is 5.04. The molecule has 0 saturated carbocycles. The molecule has 4 rings (SSSR count). The second kappa shape index (κ2) is 10.5. The van der Waals surface area contributed by atoms with Crippen molar-refractivity contribution in [3.8, 4) is 11.1 Å². The molecule has 0 aromatic heterocycles. The summed E-state index contributed by atoms with van der Waals surface area (Å²) in [7, 11) is 1.74. The van der Waals surface area contributed by atoms with E-state index < -0.39 is 24.1 Å². The van der Waals surface area contributed by atoms with Crippen LogP contribution in [-0.4, -0.2) is 78.2 Å². The van der Waals surface area contributed by atoms with E-state index >= 15 is 0 Å². The Morgan fingerprint density at radius 1 is 1.03 bits per heavy atom. The summed E-state index contributed by atoms with van der Waals surface area (Å²) in [5.74, 6) is -1.15. The quantitative estimate of drug-likeness (QED) is 0.633. The summed E-state index contributed by atoms with van der Waals surface area (Å²) in [5, 5.41) is 12.2. The zero-order valence-electron chi connectivity index (χ0n) is 20.4. The lowest BCUT2D eigenvalue weighted by Gasteiger charge is -2.38. The highest BCUT2D eigenvalue weighted by Crippen LogP contribution is 2.44. The van der Waals surface area contributed by atoms with Gasteiger partial charge in [-0.15, -0.1) is 0 Å². The van der Waals surface area contributed by atoms with Crippen LogP contribution < -0.4 is 5.32 Å². The van der Waals surface area contributed by atoms with Gasteiger partial charge in [0.1, 0.15) is 18.7 Å². The fourth-order valence-corrected chi connectivity index (χ4v) is 5.04. The molecule has 2 aliphatic rings. The summed E-state index contributed by atoms with van der Waals surface area (Å²) in [6.45, 7) is 5.08. The molecule has 2 N–H and O–H groups in total. The SMILES string of the molecule is CC(C)CC(NC(=O)OCC1c2ccccc2-c2ccccc21)C(=O)N1CCN(C)C(C(=O)O)C1. The third kappa shape index (κ3) is 5.32. The number of benzene rings is 2. The number of rotatable bonds is 7. The standard InChI is InChI=1S/C27H33N3O5/c1-17(2)14-23(25(31)30-13-12-29(3)24(15-30)26(32)33)28-27(34)35-16-22-20-10-6-4-8-18(20)19-9-5-7-11-21(19)22/h4-11,17,22-24H,12-16H2,1-3H3,(H,28,34)(H,32,33). The van der Waals surface area contributed by atoms with E-state index in [1.165, 1.54) is 4.90 Å². The van der Waals surface area contributed by atoms with Gasteiger partial charge in [0.05, 0.1) is 0 Å². The van der Waals surface area contributed by atoms with Crippen LogP contribution in [0, 0.1) is 5.92 Å². The topological polar surface area (TPSA) is 99.2 Å². The lowest BCUT2D eigenvalue weighted by Crippen LogP contribution is -2.59.